The first-order valence-electron chi connectivity index (χ1n) is 4.53. The van der Waals surface area contributed by atoms with Crippen molar-refractivity contribution in [3.8, 4) is 11.6 Å². The van der Waals surface area contributed by atoms with Crippen molar-refractivity contribution in [3.05, 3.63) is 23.8 Å². The van der Waals surface area contributed by atoms with E-state index in [2.05, 4.69) is 4.98 Å². The molecule has 0 atom stereocenters. The average Bonchev–Trinajstić information content (AvgIpc) is 2.52. The number of hydrogen-bond acceptors (Lipinski definition) is 3. The zero-order valence-corrected chi connectivity index (χ0v) is 8.50. The van der Waals surface area contributed by atoms with E-state index in [0.717, 1.165) is 0 Å². The number of carbonyl (C=O) groups is 1. The van der Waals surface area contributed by atoms with Crippen molar-refractivity contribution >= 4 is 16.7 Å². The summed E-state index contributed by atoms with van der Waals surface area (Å²) in [6.07, 6.45) is 0. The third-order valence-electron chi connectivity index (χ3n) is 2.34. The van der Waals surface area contributed by atoms with E-state index in [1.54, 1.807) is 25.3 Å². The molecule has 0 aliphatic heterocycles. The van der Waals surface area contributed by atoms with E-state index >= 15 is 0 Å². The predicted octanol–water partition coefficient (Wildman–Crippen LogP) is 2.08. The molecule has 2 aromatic rings. The van der Waals surface area contributed by atoms with Crippen molar-refractivity contribution in [1.82, 2.24) is 4.98 Å². The Bertz CT molecular complexity index is 528. The van der Waals surface area contributed by atoms with Crippen LogP contribution in [0.3, 0.4) is 0 Å². The Morgan fingerprint density at radius 2 is 2.20 bits per heavy atom. The van der Waals surface area contributed by atoms with Gasteiger partial charge in [-0.3, -0.25) is 4.79 Å². The van der Waals surface area contributed by atoms with Crippen LogP contribution in [-0.2, 0) is 0 Å². The number of rotatable bonds is 2. The van der Waals surface area contributed by atoms with E-state index in [1.807, 2.05) is 0 Å². The van der Waals surface area contributed by atoms with E-state index in [1.165, 1.54) is 6.92 Å². The van der Waals surface area contributed by atoms with Gasteiger partial charge in [-0.05, 0) is 19.1 Å². The molecule has 0 unspecified atom stereocenters. The molecule has 0 radical (unpaired) electrons. The van der Waals surface area contributed by atoms with Gasteiger partial charge in [0.05, 0.1) is 18.2 Å². The molecule has 1 aromatic heterocycles. The van der Waals surface area contributed by atoms with E-state index in [-0.39, 0.29) is 11.7 Å². The lowest BCUT2D eigenvalue weighted by atomic mass is 10.1. The summed E-state index contributed by atoms with van der Waals surface area (Å²) >= 11 is 0. The van der Waals surface area contributed by atoms with Crippen LogP contribution < -0.4 is 4.74 Å². The van der Waals surface area contributed by atoms with Crippen LogP contribution >= 0.6 is 0 Å². The predicted molar refractivity (Wildman–Crippen MR) is 56.5 cm³/mol. The minimum atomic E-state index is -0.163. The maximum atomic E-state index is 11.3. The molecule has 0 aliphatic carbocycles. The SMILES string of the molecule is COc1ccc2c(C(C)=O)c(O)[nH]c2c1. The molecule has 0 saturated carbocycles. The van der Waals surface area contributed by atoms with Crippen LogP contribution in [0.4, 0.5) is 0 Å². The number of H-pyrrole nitrogens is 1. The van der Waals surface area contributed by atoms with Crippen LogP contribution in [0.5, 0.6) is 11.6 Å². The molecule has 0 bridgehead atoms. The van der Waals surface area contributed by atoms with Gasteiger partial charge in [0.25, 0.3) is 0 Å². The highest BCUT2D eigenvalue weighted by molar-refractivity contribution is 6.09. The maximum Gasteiger partial charge on any atom is 0.200 e. The molecule has 0 spiro atoms. The zero-order valence-electron chi connectivity index (χ0n) is 8.50. The Labute approximate surface area is 86.5 Å². The second-order valence-electron chi connectivity index (χ2n) is 3.32. The number of ketones is 1. The fourth-order valence-corrected chi connectivity index (χ4v) is 1.65. The molecule has 15 heavy (non-hydrogen) atoms. The van der Waals surface area contributed by atoms with Gasteiger partial charge in [-0.1, -0.05) is 0 Å². The number of fused-ring (bicyclic) bond motifs is 1. The van der Waals surface area contributed by atoms with Crippen LogP contribution in [-0.4, -0.2) is 23.0 Å². The van der Waals surface area contributed by atoms with Crippen LogP contribution in [0, 0.1) is 0 Å². The van der Waals surface area contributed by atoms with E-state index in [9.17, 15) is 9.90 Å². The molecular formula is C11H11NO3. The molecule has 0 amide bonds. The highest BCUT2D eigenvalue weighted by Crippen LogP contribution is 2.29. The number of carbonyl (C=O) groups excluding carboxylic acids is 1. The number of aromatic amines is 1. The highest BCUT2D eigenvalue weighted by atomic mass is 16.5. The summed E-state index contributed by atoms with van der Waals surface area (Å²) in [6, 6.07) is 5.24. The van der Waals surface area contributed by atoms with Gasteiger partial charge in [0.2, 0.25) is 5.88 Å². The smallest absolute Gasteiger partial charge is 0.200 e. The standard InChI is InChI=1S/C11H11NO3/c1-6(13)10-8-4-3-7(15-2)5-9(8)12-11(10)14/h3-5,12,14H,1-2H3. The molecule has 2 N–H and O–H groups in total. The largest absolute Gasteiger partial charge is 0.497 e. The first kappa shape index (κ1) is 9.58. The minimum absolute atomic E-state index is 0.0919. The number of aromatic hydroxyl groups is 1. The molecular weight excluding hydrogens is 194 g/mol. The normalized spacial score (nSPS) is 10.5. The Morgan fingerprint density at radius 1 is 1.47 bits per heavy atom. The molecule has 0 aliphatic rings. The Hall–Kier alpha value is -1.97. The molecule has 4 heteroatoms. The Kier molecular flexibility index (Phi) is 2.11. The lowest BCUT2D eigenvalue weighted by Crippen LogP contribution is -1.90. The monoisotopic (exact) mass is 205 g/mol. The average molecular weight is 205 g/mol. The number of hydrogen-bond donors (Lipinski definition) is 2. The lowest BCUT2D eigenvalue weighted by Gasteiger charge is -1.98. The summed E-state index contributed by atoms with van der Waals surface area (Å²) in [7, 11) is 1.57. The number of nitrogens with one attached hydrogen (secondary N) is 1. The Balaban J connectivity index is 2.74. The van der Waals surface area contributed by atoms with Crippen molar-refractivity contribution in [2.75, 3.05) is 7.11 Å². The van der Waals surface area contributed by atoms with Crippen molar-refractivity contribution in [3.63, 3.8) is 0 Å². The van der Waals surface area contributed by atoms with Gasteiger partial charge in [-0.2, -0.15) is 0 Å². The van der Waals surface area contributed by atoms with Gasteiger partial charge in [-0.15, -0.1) is 0 Å². The quantitative estimate of drug-likeness (QED) is 0.738. The summed E-state index contributed by atoms with van der Waals surface area (Å²) in [4.78, 5) is 14.0. The van der Waals surface area contributed by atoms with Crippen molar-refractivity contribution in [1.29, 1.82) is 0 Å². The zero-order chi connectivity index (χ0) is 11.0. The number of benzene rings is 1. The third kappa shape index (κ3) is 1.44. The van der Waals surface area contributed by atoms with Gasteiger partial charge >= 0.3 is 0 Å². The molecule has 78 valence electrons. The van der Waals surface area contributed by atoms with E-state index in [4.69, 9.17) is 4.74 Å². The summed E-state index contributed by atoms with van der Waals surface area (Å²) in [5.74, 6) is 0.425. The highest BCUT2D eigenvalue weighted by Gasteiger charge is 2.14. The van der Waals surface area contributed by atoms with Gasteiger partial charge in [0.1, 0.15) is 5.75 Å². The first-order chi connectivity index (χ1) is 7.13. The summed E-state index contributed by atoms with van der Waals surface area (Å²) < 4.78 is 5.05. The topological polar surface area (TPSA) is 62.3 Å². The second-order valence-corrected chi connectivity index (χ2v) is 3.32. The fraction of sp³-hybridized carbons (Fsp3) is 0.182. The minimum Gasteiger partial charge on any atom is -0.497 e. The van der Waals surface area contributed by atoms with E-state index in [0.29, 0.717) is 22.2 Å². The van der Waals surface area contributed by atoms with Gasteiger partial charge < -0.3 is 14.8 Å². The molecule has 4 nitrogen and oxygen atoms in total. The number of ether oxygens (including phenoxy) is 1. The van der Waals surface area contributed by atoms with Crippen molar-refractivity contribution < 1.29 is 14.6 Å². The van der Waals surface area contributed by atoms with Crippen LogP contribution in [0.25, 0.3) is 10.9 Å². The van der Waals surface area contributed by atoms with E-state index < -0.39 is 0 Å². The lowest BCUT2D eigenvalue weighted by molar-refractivity contribution is 0.101. The molecule has 0 fully saturated rings. The van der Waals surface area contributed by atoms with Gasteiger partial charge in [0, 0.05) is 11.5 Å². The second kappa shape index (κ2) is 3.31. The van der Waals surface area contributed by atoms with Crippen LogP contribution in [0.1, 0.15) is 17.3 Å². The third-order valence-corrected chi connectivity index (χ3v) is 2.34. The number of aromatic nitrogens is 1. The number of Topliss-reactive ketones (excluding diaryl/α,β-unsaturated/α-hetero) is 1. The summed E-state index contributed by atoms with van der Waals surface area (Å²) in [5.41, 5.74) is 1.02. The molecule has 1 aromatic carbocycles. The summed E-state index contributed by atoms with van der Waals surface area (Å²) in [6.45, 7) is 1.42. The first-order valence-corrected chi connectivity index (χ1v) is 4.53. The summed E-state index contributed by atoms with van der Waals surface area (Å²) in [5, 5.41) is 10.3. The van der Waals surface area contributed by atoms with Crippen molar-refractivity contribution in [2.24, 2.45) is 0 Å². The van der Waals surface area contributed by atoms with Crippen LogP contribution in [0.2, 0.25) is 0 Å². The van der Waals surface area contributed by atoms with Gasteiger partial charge in [0.15, 0.2) is 5.78 Å². The number of methoxy groups -OCH3 is 1. The fourth-order valence-electron chi connectivity index (χ4n) is 1.65. The van der Waals surface area contributed by atoms with Gasteiger partial charge in [-0.25, -0.2) is 0 Å². The molecule has 1 heterocycles. The molecule has 2 rings (SSSR count). The van der Waals surface area contributed by atoms with Crippen LogP contribution in [0.15, 0.2) is 18.2 Å². The molecule has 0 saturated heterocycles. The Morgan fingerprint density at radius 3 is 2.80 bits per heavy atom. The maximum absolute atomic E-state index is 11.3. The van der Waals surface area contributed by atoms with Crippen molar-refractivity contribution in [2.45, 2.75) is 6.92 Å².